The number of hydrogen-bond donors (Lipinski definition) is 0. The summed E-state index contributed by atoms with van der Waals surface area (Å²) >= 11 is 0. The molecule has 0 radical (unpaired) electrons. The van der Waals surface area contributed by atoms with E-state index in [1.165, 1.54) is 5.56 Å². The van der Waals surface area contributed by atoms with Crippen LogP contribution in [0.25, 0.3) is 0 Å². The van der Waals surface area contributed by atoms with Crippen molar-refractivity contribution in [1.82, 2.24) is 15.1 Å². The number of likely N-dealkylation sites (tertiary alicyclic amines) is 1. The molecule has 1 amide bonds. The molecule has 2 heterocycles. The van der Waals surface area contributed by atoms with E-state index in [4.69, 9.17) is 4.74 Å². The van der Waals surface area contributed by atoms with E-state index < -0.39 is 5.60 Å². The molecule has 1 saturated heterocycles. The first-order valence-electron chi connectivity index (χ1n) is 7.55. The second-order valence-corrected chi connectivity index (χ2v) is 6.80. The lowest BCUT2D eigenvalue weighted by atomic mass is 9.91. The number of carbonyl (C=O) groups is 1. The minimum atomic E-state index is -0.438. The van der Waals surface area contributed by atoms with Gasteiger partial charge in [0.2, 0.25) is 0 Å². The lowest BCUT2D eigenvalue weighted by Gasteiger charge is -2.33. The third-order valence-corrected chi connectivity index (χ3v) is 3.68. The third kappa shape index (κ3) is 4.16. The zero-order chi connectivity index (χ0) is 15.6. The first kappa shape index (κ1) is 15.7. The standard InChI is InChI=1S/C16H25N3O2/c1-11-10-12(2)17-18-14(11)13-6-8-19(9-7-13)15(20)21-16(3,4)5/h10,13H,6-9H2,1-5H3. The van der Waals surface area contributed by atoms with E-state index in [-0.39, 0.29) is 6.09 Å². The number of piperidine rings is 1. The van der Waals surface area contributed by atoms with E-state index in [1.807, 2.05) is 27.7 Å². The van der Waals surface area contributed by atoms with E-state index in [0.717, 1.165) is 24.2 Å². The van der Waals surface area contributed by atoms with Crippen LogP contribution >= 0.6 is 0 Å². The van der Waals surface area contributed by atoms with Gasteiger partial charge in [-0.1, -0.05) is 0 Å². The first-order valence-corrected chi connectivity index (χ1v) is 7.55. The van der Waals surface area contributed by atoms with E-state index >= 15 is 0 Å². The molecule has 5 nitrogen and oxygen atoms in total. The summed E-state index contributed by atoms with van der Waals surface area (Å²) in [7, 11) is 0. The van der Waals surface area contributed by atoms with Gasteiger partial charge >= 0.3 is 6.09 Å². The van der Waals surface area contributed by atoms with Crippen LogP contribution in [0.3, 0.4) is 0 Å². The Morgan fingerprint density at radius 3 is 2.38 bits per heavy atom. The molecule has 1 aromatic heterocycles. The molecule has 116 valence electrons. The molecule has 0 bridgehead atoms. The highest BCUT2D eigenvalue weighted by Crippen LogP contribution is 2.29. The highest BCUT2D eigenvalue weighted by Gasteiger charge is 2.28. The highest BCUT2D eigenvalue weighted by molar-refractivity contribution is 5.68. The van der Waals surface area contributed by atoms with Gasteiger partial charge in [-0.15, -0.1) is 0 Å². The summed E-state index contributed by atoms with van der Waals surface area (Å²) in [6.07, 6.45) is 1.61. The number of amides is 1. The predicted octanol–water partition coefficient (Wildman–Crippen LogP) is 3.21. The maximum atomic E-state index is 12.0. The molecule has 0 spiro atoms. The van der Waals surface area contributed by atoms with Crippen molar-refractivity contribution in [3.05, 3.63) is 23.0 Å². The van der Waals surface area contributed by atoms with Gasteiger partial charge in [-0.2, -0.15) is 10.2 Å². The second kappa shape index (κ2) is 6.00. The Balaban J connectivity index is 1.95. The van der Waals surface area contributed by atoms with Crippen LogP contribution in [0.2, 0.25) is 0 Å². The highest BCUT2D eigenvalue weighted by atomic mass is 16.6. The normalized spacial score (nSPS) is 16.9. The largest absolute Gasteiger partial charge is 0.444 e. The lowest BCUT2D eigenvalue weighted by molar-refractivity contribution is 0.0204. The lowest BCUT2D eigenvalue weighted by Crippen LogP contribution is -2.41. The van der Waals surface area contributed by atoms with Crippen molar-refractivity contribution in [3.8, 4) is 0 Å². The molecule has 0 N–H and O–H groups in total. The number of aryl methyl sites for hydroxylation is 2. The van der Waals surface area contributed by atoms with Gasteiger partial charge in [0.05, 0.1) is 11.4 Å². The van der Waals surface area contributed by atoms with Crippen molar-refractivity contribution in [2.24, 2.45) is 0 Å². The van der Waals surface area contributed by atoms with Gasteiger partial charge in [-0.05, 0) is 59.1 Å². The van der Waals surface area contributed by atoms with Crippen molar-refractivity contribution in [2.45, 2.75) is 59.0 Å². The SMILES string of the molecule is Cc1cc(C)c(C2CCN(C(=O)OC(C)(C)C)CC2)nn1. The molecule has 0 unspecified atom stereocenters. The topological polar surface area (TPSA) is 55.3 Å². The maximum Gasteiger partial charge on any atom is 0.410 e. The van der Waals surface area contributed by atoms with E-state index in [1.54, 1.807) is 4.90 Å². The Hall–Kier alpha value is -1.65. The van der Waals surface area contributed by atoms with Crippen molar-refractivity contribution in [2.75, 3.05) is 13.1 Å². The third-order valence-electron chi connectivity index (χ3n) is 3.68. The molecule has 1 fully saturated rings. The Kier molecular flexibility index (Phi) is 4.49. The number of rotatable bonds is 1. The number of carbonyl (C=O) groups excluding carboxylic acids is 1. The monoisotopic (exact) mass is 291 g/mol. The summed E-state index contributed by atoms with van der Waals surface area (Å²) in [5.41, 5.74) is 2.78. The van der Waals surface area contributed by atoms with Gasteiger partial charge in [0.25, 0.3) is 0 Å². The summed E-state index contributed by atoms with van der Waals surface area (Å²) in [6.45, 7) is 11.1. The number of nitrogens with zero attached hydrogens (tertiary/aromatic N) is 3. The van der Waals surface area contributed by atoms with Gasteiger partial charge in [0.15, 0.2) is 0 Å². The zero-order valence-electron chi connectivity index (χ0n) is 13.6. The fourth-order valence-corrected chi connectivity index (χ4v) is 2.69. The van der Waals surface area contributed by atoms with Crippen LogP contribution in [-0.2, 0) is 4.74 Å². The van der Waals surface area contributed by atoms with Crippen LogP contribution < -0.4 is 0 Å². The molecular formula is C16H25N3O2. The summed E-state index contributed by atoms with van der Waals surface area (Å²) in [6, 6.07) is 2.07. The van der Waals surface area contributed by atoms with Crippen molar-refractivity contribution in [1.29, 1.82) is 0 Å². The Morgan fingerprint density at radius 1 is 1.24 bits per heavy atom. The molecule has 5 heteroatoms. The smallest absolute Gasteiger partial charge is 0.410 e. The van der Waals surface area contributed by atoms with Gasteiger partial charge in [0, 0.05) is 19.0 Å². The Morgan fingerprint density at radius 2 is 1.86 bits per heavy atom. The molecule has 1 aliphatic rings. The molecule has 1 aromatic rings. The van der Waals surface area contributed by atoms with E-state index in [9.17, 15) is 4.79 Å². The fourth-order valence-electron chi connectivity index (χ4n) is 2.69. The minimum Gasteiger partial charge on any atom is -0.444 e. The second-order valence-electron chi connectivity index (χ2n) is 6.80. The van der Waals surface area contributed by atoms with Crippen molar-refractivity contribution >= 4 is 6.09 Å². The molecule has 1 aliphatic heterocycles. The Bertz CT molecular complexity index is 515. The number of ether oxygens (including phenoxy) is 1. The van der Waals surface area contributed by atoms with Crippen molar-refractivity contribution < 1.29 is 9.53 Å². The van der Waals surface area contributed by atoms with Gasteiger partial charge < -0.3 is 9.64 Å². The van der Waals surface area contributed by atoms with Crippen LogP contribution in [0.4, 0.5) is 4.79 Å². The van der Waals surface area contributed by atoms with Crippen LogP contribution in [-0.4, -0.2) is 39.9 Å². The fraction of sp³-hybridized carbons (Fsp3) is 0.688. The van der Waals surface area contributed by atoms with E-state index in [2.05, 4.69) is 23.2 Å². The quantitative estimate of drug-likeness (QED) is 0.797. The van der Waals surface area contributed by atoms with Crippen LogP contribution in [0, 0.1) is 13.8 Å². The molecule has 0 atom stereocenters. The predicted molar refractivity (Wildman–Crippen MR) is 81.3 cm³/mol. The van der Waals surface area contributed by atoms with E-state index in [0.29, 0.717) is 19.0 Å². The Labute approximate surface area is 126 Å². The summed E-state index contributed by atoms with van der Waals surface area (Å²) in [5, 5.41) is 8.51. The van der Waals surface area contributed by atoms with Crippen LogP contribution in [0.15, 0.2) is 6.07 Å². The van der Waals surface area contributed by atoms with Crippen molar-refractivity contribution in [3.63, 3.8) is 0 Å². The van der Waals surface area contributed by atoms with Crippen LogP contribution in [0.5, 0.6) is 0 Å². The first-order chi connectivity index (χ1) is 9.76. The van der Waals surface area contributed by atoms with Gasteiger partial charge in [-0.3, -0.25) is 0 Å². The van der Waals surface area contributed by atoms with Gasteiger partial charge in [0.1, 0.15) is 5.60 Å². The molecule has 0 aliphatic carbocycles. The molecule has 2 rings (SSSR count). The zero-order valence-corrected chi connectivity index (χ0v) is 13.6. The molecule has 21 heavy (non-hydrogen) atoms. The molecular weight excluding hydrogens is 266 g/mol. The van der Waals surface area contributed by atoms with Crippen LogP contribution in [0.1, 0.15) is 56.5 Å². The maximum absolute atomic E-state index is 12.0. The summed E-state index contributed by atoms with van der Waals surface area (Å²) in [4.78, 5) is 13.8. The summed E-state index contributed by atoms with van der Waals surface area (Å²) in [5.74, 6) is 0.386. The molecule has 0 saturated carbocycles. The number of hydrogen-bond acceptors (Lipinski definition) is 4. The average Bonchev–Trinajstić information content (AvgIpc) is 2.37. The summed E-state index contributed by atoms with van der Waals surface area (Å²) < 4.78 is 5.42. The average molecular weight is 291 g/mol. The number of aromatic nitrogens is 2. The minimum absolute atomic E-state index is 0.215. The molecule has 0 aromatic carbocycles. The van der Waals surface area contributed by atoms with Gasteiger partial charge in [-0.25, -0.2) is 4.79 Å².